The van der Waals surface area contributed by atoms with Crippen LogP contribution in [0, 0.1) is 25.5 Å². The molecule has 2 fully saturated rings. The maximum atomic E-state index is 14.0. The third-order valence-electron chi connectivity index (χ3n) is 5.45. The van der Waals surface area contributed by atoms with Crippen LogP contribution in [0.5, 0.6) is 0 Å². The van der Waals surface area contributed by atoms with Gasteiger partial charge in [0.15, 0.2) is 12.6 Å². The van der Waals surface area contributed by atoms with Crippen molar-refractivity contribution in [1.29, 1.82) is 0 Å². The van der Waals surface area contributed by atoms with Crippen LogP contribution < -0.4 is 0 Å². The van der Waals surface area contributed by atoms with Crippen molar-refractivity contribution in [3.8, 4) is 0 Å². The van der Waals surface area contributed by atoms with Gasteiger partial charge >= 0.3 is 0 Å². The van der Waals surface area contributed by atoms with Crippen LogP contribution in [-0.4, -0.2) is 47.8 Å². The number of aliphatic hydroxyl groups is 2. The Hall–Kier alpha value is -1.94. The summed E-state index contributed by atoms with van der Waals surface area (Å²) in [6.07, 6.45) is -5.30. The van der Waals surface area contributed by atoms with Crippen LogP contribution in [0.1, 0.15) is 34.8 Å². The summed E-state index contributed by atoms with van der Waals surface area (Å²) in [7, 11) is 0. The molecule has 0 amide bonds. The van der Waals surface area contributed by atoms with Crippen LogP contribution in [-0.2, 0) is 18.9 Å². The van der Waals surface area contributed by atoms with Crippen LogP contribution in [0.4, 0.5) is 8.78 Å². The maximum absolute atomic E-state index is 14.0. The second-order valence-electron chi connectivity index (χ2n) is 7.64. The number of hydrogen-bond acceptors (Lipinski definition) is 6. The predicted molar refractivity (Wildman–Crippen MR) is 101 cm³/mol. The second-order valence-corrected chi connectivity index (χ2v) is 7.64. The van der Waals surface area contributed by atoms with Gasteiger partial charge in [-0.3, -0.25) is 0 Å². The molecule has 0 spiro atoms. The molecule has 6 nitrogen and oxygen atoms in total. The first-order valence-corrected chi connectivity index (χ1v) is 9.76. The van der Waals surface area contributed by atoms with Crippen LogP contribution in [0.3, 0.4) is 0 Å². The minimum atomic E-state index is -1.24. The summed E-state index contributed by atoms with van der Waals surface area (Å²) in [4.78, 5) is 0. The summed E-state index contributed by atoms with van der Waals surface area (Å²) >= 11 is 0. The third kappa shape index (κ3) is 4.12. The Labute approximate surface area is 172 Å². The van der Waals surface area contributed by atoms with Crippen LogP contribution in [0.25, 0.3) is 0 Å². The van der Waals surface area contributed by atoms with Crippen LogP contribution in [0.15, 0.2) is 36.4 Å². The van der Waals surface area contributed by atoms with Gasteiger partial charge in [-0.1, -0.05) is 18.2 Å². The second kappa shape index (κ2) is 8.66. The fourth-order valence-corrected chi connectivity index (χ4v) is 3.68. The molecular formula is C22H24F2O6. The number of halogens is 2. The number of fused-ring (bicyclic) bond motifs is 1. The topological polar surface area (TPSA) is 77.4 Å². The highest BCUT2D eigenvalue weighted by Crippen LogP contribution is 2.39. The average molecular weight is 422 g/mol. The van der Waals surface area contributed by atoms with Crippen molar-refractivity contribution in [2.45, 2.75) is 50.8 Å². The Balaban J connectivity index is 1.57. The molecule has 0 bridgehead atoms. The molecule has 162 valence electrons. The molecule has 0 radical (unpaired) electrons. The van der Waals surface area contributed by atoms with Crippen LogP contribution >= 0.6 is 0 Å². The van der Waals surface area contributed by atoms with E-state index in [9.17, 15) is 19.0 Å². The van der Waals surface area contributed by atoms with Gasteiger partial charge in [0.05, 0.1) is 13.2 Å². The lowest BCUT2D eigenvalue weighted by Gasteiger charge is -2.47. The molecule has 0 aliphatic carbocycles. The fraction of sp³-hybridized carbons (Fsp3) is 0.455. The van der Waals surface area contributed by atoms with E-state index in [0.29, 0.717) is 22.3 Å². The first-order chi connectivity index (χ1) is 14.4. The first kappa shape index (κ1) is 21.3. The summed E-state index contributed by atoms with van der Waals surface area (Å²) in [5.74, 6) is -0.734. The molecule has 0 saturated carbocycles. The van der Waals surface area contributed by atoms with E-state index < -0.39 is 49.4 Å². The molecule has 2 aromatic carbocycles. The fourth-order valence-electron chi connectivity index (χ4n) is 3.68. The lowest BCUT2D eigenvalue weighted by molar-refractivity contribution is -0.373. The molecule has 8 heteroatoms. The molecule has 2 aliphatic heterocycles. The summed E-state index contributed by atoms with van der Waals surface area (Å²) in [6, 6.07) is 9.13. The van der Waals surface area contributed by atoms with Gasteiger partial charge in [0.25, 0.3) is 0 Å². The molecule has 2 saturated heterocycles. The van der Waals surface area contributed by atoms with Crippen molar-refractivity contribution in [2.24, 2.45) is 0 Å². The molecule has 2 unspecified atom stereocenters. The Kier molecular flexibility index (Phi) is 6.15. The van der Waals surface area contributed by atoms with Gasteiger partial charge in [-0.05, 0) is 43.2 Å². The average Bonchev–Trinajstić information content (AvgIpc) is 2.75. The highest BCUT2D eigenvalue weighted by molar-refractivity contribution is 5.26. The van der Waals surface area contributed by atoms with E-state index in [2.05, 4.69) is 0 Å². The number of rotatable bonds is 4. The highest BCUT2D eigenvalue weighted by atomic mass is 19.1. The highest BCUT2D eigenvalue weighted by Gasteiger charge is 2.48. The maximum Gasteiger partial charge on any atom is 0.185 e. The van der Waals surface area contributed by atoms with Gasteiger partial charge in [0.1, 0.15) is 36.1 Å². The summed E-state index contributed by atoms with van der Waals surface area (Å²) < 4.78 is 51.2. The van der Waals surface area contributed by atoms with Crippen molar-refractivity contribution < 1.29 is 37.9 Å². The van der Waals surface area contributed by atoms with Crippen molar-refractivity contribution in [3.05, 3.63) is 70.3 Å². The lowest BCUT2D eigenvalue weighted by Crippen LogP contribution is -2.58. The van der Waals surface area contributed by atoms with Gasteiger partial charge in [0, 0.05) is 11.1 Å². The zero-order valence-electron chi connectivity index (χ0n) is 16.6. The molecular weight excluding hydrogens is 398 g/mol. The van der Waals surface area contributed by atoms with Gasteiger partial charge < -0.3 is 29.2 Å². The Bertz CT molecular complexity index is 905. The van der Waals surface area contributed by atoms with Crippen molar-refractivity contribution >= 4 is 0 Å². The van der Waals surface area contributed by atoms with Gasteiger partial charge in [-0.15, -0.1) is 0 Å². The number of ether oxygens (including phenoxy) is 4. The normalized spacial score (nSPS) is 30.0. The SMILES string of the molecule is Cc1cc(C2OC[C@@H]3OC(c4ccc(C)c(F)c4)O[C@H]([C@H](O)CO)[C@@H]3O2)ccc1F. The summed E-state index contributed by atoms with van der Waals surface area (Å²) in [6.45, 7) is 2.86. The zero-order chi connectivity index (χ0) is 21.4. The van der Waals surface area contributed by atoms with E-state index >= 15 is 0 Å². The van der Waals surface area contributed by atoms with Gasteiger partial charge in [0.2, 0.25) is 0 Å². The molecule has 2 aromatic rings. The predicted octanol–water partition coefficient (Wildman–Crippen LogP) is 2.83. The van der Waals surface area contributed by atoms with E-state index in [1.54, 1.807) is 38.1 Å². The summed E-state index contributed by atoms with van der Waals surface area (Å²) in [5, 5.41) is 19.9. The molecule has 4 rings (SSSR count). The number of aliphatic hydroxyl groups excluding tert-OH is 2. The van der Waals surface area contributed by atoms with E-state index in [0.717, 1.165) is 0 Å². The first-order valence-electron chi connectivity index (χ1n) is 9.76. The monoisotopic (exact) mass is 422 g/mol. The van der Waals surface area contributed by atoms with Crippen LogP contribution in [0.2, 0.25) is 0 Å². The standard InChI is InChI=1S/C22H24F2O6/c1-11-3-4-14(8-16(11)24)22-28-18-10-27-21(13-5-6-15(23)12(2)7-13)30-20(18)19(29-22)17(26)9-25/h3-8,17-22,25-26H,9-10H2,1-2H3/t17-,18+,19-,20-,21?,22?/m1/s1. The number of benzene rings is 2. The largest absolute Gasteiger partial charge is 0.394 e. The quantitative estimate of drug-likeness (QED) is 0.789. The number of aryl methyl sites for hydroxylation is 2. The Morgan fingerprint density at radius 3 is 2.37 bits per heavy atom. The van der Waals surface area contributed by atoms with E-state index in [1.807, 2.05) is 0 Å². The molecule has 2 aliphatic rings. The van der Waals surface area contributed by atoms with E-state index in [4.69, 9.17) is 18.9 Å². The van der Waals surface area contributed by atoms with Crippen molar-refractivity contribution in [2.75, 3.05) is 13.2 Å². The summed E-state index contributed by atoms with van der Waals surface area (Å²) in [5.41, 5.74) is 2.00. The van der Waals surface area contributed by atoms with Crippen molar-refractivity contribution in [3.63, 3.8) is 0 Å². The zero-order valence-corrected chi connectivity index (χ0v) is 16.6. The van der Waals surface area contributed by atoms with E-state index in [1.165, 1.54) is 12.1 Å². The smallest absolute Gasteiger partial charge is 0.185 e. The van der Waals surface area contributed by atoms with Gasteiger partial charge in [-0.25, -0.2) is 8.78 Å². The van der Waals surface area contributed by atoms with Gasteiger partial charge in [-0.2, -0.15) is 0 Å². The Morgan fingerprint density at radius 1 is 0.933 bits per heavy atom. The molecule has 0 aromatic heterocycles. The Morgan fingerprint density at radius 2 is 1.67 bits per heavy atom. The minimum absolute atomic E-state index is 0.120. The molecule has 6 atom stereocenters. The van der Waals surface area contributed by atoms with E-state index in [-0.39, 0.29) is 12.4 Å². The molecule has 30 heavy (non-hydrogen) atoms. The number of hydrogen-bond donors (Lipinski definition) is 2. The lowest BCUT2D eigenvalue weighted by atomic mass is 9.99. The molecule has 2 heterocycles. The third-order valence-corrected chi connectivity index (χ3v) is 5.45. The van der Waals surface area contributed by atoms with Crippen molar-refractivity contribution in [1.82, 2.24) is 0 Å². The minimum Gasteiger partial charge on any atom is -0.394 e. The molecule has 2 N–H and O–H groups in total.